The largest absolute Gasteiger partial charge is 0.459 e. The summed E-state index contributed by atoms with van der Waals surface area (Å²) in [4.78, 5) is 10.3. The van der Waals surface area contributed by atoms with E-state index in [1.54, 1.807) is 0 Å². The molecule has 0 fully saturated rings. The van der Waals surface area contributed by atoms with Crippen LogP contribution in [-0.4, -0.2) is 18.7 Å². The van der Waals surface area contributed by atoms with Crippen LogP contribution in [0.2, 0.25) is 0 Å². The Balaban J connectivity index is 3.38. The van der Waals surface area contributed by atoms with E-state index in [2.05, 4.69) is 11.3 Å². The third-order valence-electron chi connectivity index (χ3n) is 0.668. The zero-order valence-corrected chi connectivity index (χ0v) is 5.26. The zero-order chi connectivity index (χ0) is 7.28. The fraction of sp³-hybridized carbons (Fsp3) is 0.500. The molecule has 1 unspecified atom stereocenters. The second-order valence-corrected chi connectivity index (χ2v) is 1.53. The molecule has 0 spiro atoms. The molecule has 2 nitrogen and oxygen atoms in total. The van der Waals surface area contributed by atoms with Crippen molar-refractivity contribution in [2.45, 2.75) is 13.1 Å². The van der Waals surface area contributed by atoms with E-state index in [0.717, 1.165) is 6.92 Å². The third-order valence-corrected chi connectivity index (χ3v) is 0.668. The minimum absolute atomic E-state index is 0.0765. The maximum Gasteiger partial charge on any atom is 0.340 e. The van der Waals surface area contributed by atoms with Crippen molar-refractivity contribution in [2.24, 2.45) is 0 Å². The number of ether oxygens (including phenoxy) is 1. The summed E-state index contributed by atoms with van der Waals surface area (Å²) in [5, 5.41) is 0. The summed E-state index contributed by atoms with van der Waals surface area (Å²) in [5.74, 6) is -0.838. The summed E-state index contributed by atoms with van der Waals surface area (Å²) >= 11 is 0. The predicted molar refractivity (Wildman–Crippen MR) is 31.7 cm³/mol. The van der Waals surface area contributed by atoms with Gasteiger partial charge < -0.3 is 4.74 Å². The highest BCUT2D eigenvalue weighted by molar-refractivity contribution is 5.73. The Morgan fingerprint density at radius 2 is 2.56 bits per heavy atom. The van der Waals surface area contributed by atoms with Gasteiger partial charge in [-0.15, -0.1) is 0 Å². The smallest absolute Gasteiger partial charge is 0.340 e. The molecule has 1 atom stereocenters. The van der Waals surface area contributed by atoms with Crippen LogP contribution in [0.5, 0.6) is 0 Å². The van der Waals surface area contributed by atoms with Crippen LogP contribution in [0.25, 0.3) is 0 Å². The van der Waals surface area contributed by atoms with Crippen molar-refractivity contribution in [2.75, 3.05) is 6.61 Å². The first-order chi connectivity index (χ1) is 4.18. The molecular formula is C6H9FO2. The quantitative estimate of drug-likeness (QED) is 0.424. The number of carbonyl (C=O) groups excluding carboxylic acids is 1. The van der Waals surface area contributed by atoms with Crippen molar-refractivity contribution in [3.05, 3.63) is 12.7 Å². The summed E-state index contributed by atoms with van der Waals surface area (Å²) in [6.45, 7) is 4.50. The van der Waals surface area contributed by atoms with E-state index in [1.165, 1.54) is 6.08 Å². The topological polar surface area (TPSA) is 26.3 Å². The lowest BCUT2D eigenvalue weighted by Crippen LogP contribution is -2.14. The fourth-order valence-corrected chi connectivity index (χ4v) is 0.256. The normalized spacial score (nSPS) is 12.2. The number of hydrogen-bond acceptors (Lipinski definition) is 2. The van der Waals surface area contributed by atoms with Crippen molar-refractivity contribution >= 4 is 5.97 Å². The zero-order valence-electron chi connectivity index (χ0n) is 5.26. The highest BCUT2D eigenvalue weighted by atomic mass is 19.1. The molecular weight excluding hydrogens is 123 g/mol. The van der Waals surface area contributed by atoms with Crippen molar-refractivity contribution in [3.8, 4) is 0 Å². The monoisotopic (exact) mass is 132 g/mol. The molecule has 3 heteroatoms. The SMILES string of the molecule is C=CCOC(=O)C(C)F. The summed E-state index contributed by atoms with van der Waals surface area (Å²) in [6.07, 6.45) is -0.148. The van der Waals surface area contributed by atoms with Gasteiger partial charge in [-0.2, -0.15) is 0 Å². The highest BCUT2D eigenvalue weighted by Crippen LogP contribution is 1.91. The van der Waals surface area contributed by atoms with Gasteiger partial charge >= 0.3 is 5.97 Å². The molecule has 0 bridgehead atoms. The van der Waals surface area contributed by atoms with Gasteiger partial charge in [0, 0.05) is 0 Å². The maximum absolute atomic E-state index is 11.9. The fourth-order valence-electron chi connectivity index (χ4n) is 0.256. The molecule has 0 N–H and O–H groups in total. The van der Waals surface area contributed by atoms with E-state index in [-0.39, 0.29) is 6.61 Å². The van der Waals surface area contributed by atoms with Gasteiger partial charge in [0.1, 0.15) is 6.61 Å². The average molecular weight is 132 g/mol. The van der Waals surface area contributed by atoms with Gasteiger partial charge in [0.25, 0.3) is 0 Å². The Morgan fingerprint density at radius 3 is 2.89 bits per heavy atom. The van der Waals surface area contributed by atoms with Crippen LogP contribution in [0.1, 0.15) is 6.92 Å². The molecule has 0 aliphatic heterocycles. The third kappa shape index (κ3) is 3.70. The summed E-state index contributed by atoms with van der Waals surface area (Å²) in [6, 6.07) is 0. The standard InChI is InChI=1S/C6H9FO2/c1-3-4-9-6(8)5(2)7/h3,5H,1,4H2,2H3. The molecule has 0 aromatic heterocycles. The van der Waals surface area contributed by atoms with Gasteiger partial charge in [-0.25, -0.2) is 9.18 Å². The van der Waals surface area contributed by atoms with Crippen LogP contribution in [0.4, 0.5) is 4.39 Å². The van der Waals surface area contributed by atoms with E-state index in [1.807, 2.05) is 0 Å². The number of hydrogen-bond donors (Lipinski definition) is 0. The van der Waals surface area contributed by atoms with Gasteiger partial charge in [0.2, 0.25) is 0 Å². The summed E-state index contributed by atoms with van der Waals surface area (Å²) < 4.78 is 16.2. The van der Waals surface area contributed by atoms with Gasteiger partial charge in [0.15, 0.2) is 6.17 Å². The predicted octanol–water partition coefficient (Wildman–Crippen LogP) is 1.07. The van der Waals surface area contributed by atoms with E-state index in [0.29, 0.717) is 0 Å². The van der Waals surface area contributed by atoms with E-state index >= 15 is 0 Å². The summed E-state index contributed by atoms with van der Waals surface area (Å²) in [7, 11) is 0. The van der Waals surface area contributed by atoms with Crippen molar-refractivity contribution in [1.29, 1.82) is 0 Å². The van der Waals surface area contributed by atoms with Gasteiger partial charge in [0.05, 0.1) is 0 Å². The Kier molecular flexibility index (Phi) is 3.67. The molecule has 0 saturated heterocycles. The van der Waals surface area contributed by atoms with Gasteiger partial charge in [-0.3, -0.25) is 0 Å². The number of esters is 1. The second-order valence-electron chi connectivity index (χ2n) is 1.53. The molecule has 9 heavy (non-hydrogen) atoms. The summed E-state index contributed by atoms with van der Waals surface area (Å²) in [5.41, 5.74) is 0. The molecule has 0 aromatic rings. The van der Waals surface area contributed by atoms with Crippen molar-refractivity contribution in [1.82, 2.24) is 0 Å². The highest BCUT2D eigenvalue weighted by Gasteiger charge is 2.10. The molecule has 0 saturated carbocycles. The first-order valence-corrected chi connectivity index (χ1v) is 2.60. The van der Waals surface area contributed by atoms with Crippen molar-refractivity contribution < 1.29 is 13.9 Å². The van der Waals surface area contributed by atoms with E-state index < -0.39 is 12.1 Å². The maximum atomic E-state index is 11.9. The number of halogens is 1. The minimum Gasteiger partial charge on any atom is -0.459 e. The molecule has 52 valence electrons. The van der Waals surface area contributed by atoms with Gasteiger partial charge in [-0.1, -0.05) is 12.7 Å². The number of alkyl halides is 1. The Bertz CT molecular complexity index is 110. The number of carbonyl (C=O) groups is 1. The lowest BCUT2D eigenvalue weighted by atomic mass is 10.4. The van der Waals surface area contributed by atoms with E-state index in [4.69, 9.17) is 0 Å². The van der Waals surface area contributed by atoms with Crippen LogP contribution in [0.15, 0.2) is 12.7 Å². The first kappa shape index (κ1) is 8.14. The minimum atomic E-state index is -1.54. The average Bonchev–Trinajstić information content (AvgIpc) is 1.82. The second kappa shape index (κ2) is 4.06. The van der Waals surface area contributed by atoms with Crippen LogP contribution in [-0.2, 0) is 9.53 Å². The van der Waals surface area contributed by atoms with Crippen LogP contribution in [0.3, 0.4) is 0 Å². The Labute approximate surface area is 53.3 Å². The molecule has 0 heterocycles. The van der Waals surface area contributed by atoms with Gasteiger partial charge in [-0.05, 0) is 6.92 Å². The Hall–Kier alpha value is -0.860. The molecule has 0 aliphatic carbocycles. The van der Waals surface area contributed by atoms with Crippen LogP contribution in [0, 0.1) is 0 Å². The molecule has 0 amide bonds. The van der Waals surface area contributed by atoms with E-state index in [9.17, 15) is 9.18 Å². The van der Waals surface area contributed by atoms with Crippen LogP contribution < -0.4 is 0 Å². The molecule has 0 rings (SSSR count). The Morgan fingerprint density at radius 1 is 2.00 bits per heavy atom. The van der Waals surface area contributed by atoms with Crippen molar-refractivity contribution in [3.63, 3.8) is 0 Å². The van der Waals surface area contributed by atoms with Crippen LogP contribution >= 0.6 is 0 Å². The molecule has 0 aliphatic rings. The lowest BCUT2D eigenvalue weighted by Gasteiger charge is -1.99. The number of rotatable bonds is 3. The molecule has 0 radical (unpaired) electrons. The first-order valence-electron chi connectivity index (χ1n) is 2.60. The molecule has 0 aromatic carbocycles. The lowest BCUT2D eigenvalue weighted by molar-refractivity contribution is -0.147.